The fourth-order valence-electron chi connectivity index (χ4n) is 3.58. The molecule has 21 heavy (non-hydrogen) atoms. The number of amides is 1. The molecule has 0 bridgehead atoms. The van der Waals surface area contributed by atoms with Crippen molar-refractivity contribution < 1.29 is 18.0 Å². The molecule has 0 aromatic carbocycles. The molecule has 0 radical (unpaired) electrons. The molecule has 2 aliphatic rings. The zero-order valence-electron chi connectivity index (χ0n) is 12.6. The van der Waals surface area contributed by atoms with Crippen LogP contribution >= 0.6 is 0 Å². The van der Waals surface area contributed by atoms with E-state index in [4.69, 9.17) is 0 Å². The largest absolute Gasteiger partial charge is 0.391 e. The topological polar surface area (TPSA) is 41.1 Å². The van der Waals surface area contributed by atoms with Crippen LogP contribution in [0.15, 0.2) is 0 Å². The molecule has 2 fully saturated rings. The minimum Gasteiger partial charge on any atom is -0.353 e. The molecule has 3 unspecified atom stereocenters. The van der Waals surface area contributed by atoms with E-state index < -0.39 is 17.5 Å². The van der Waals surface area contributed by atoms with E-state index in [1.807, 2.05) is 6.92 Å². The number of nitrogens with one attached hydrogen (secondary N) is 2. The van der Waals surface area contributed by atoms with Crippen molar-refractivity contribution in [3.8, 4) is 0 Å². The van der Waals surface area contributed by atoms with E-state index in [1.165, 1.54) is 0 Å². The molecule has 6 heteroatoms. The lowest BCUT2D eigenvalue weighted by atomic mass is 9.76. The smallest absolute Gasteiger partial charge is 0.353 e. The molecule has 3 nitrogen and oxygen atoms in total. The summed E-state index contributed by atoms with van der Waals surface area (Å²) in [7, 11) is 0. The van der Waals surface area contributed by atoms with Crippen molar-refractivity contribution in [2.24, 2.45) is 11.3 Å². The Bertz CT molecular complexity index is 364. The number of halogens is 3. The summed E-state index contributed by atoms with van der Waals surface area (Å²) in [6.45, 7) is 3.52. The molecular weight excluding hydrogens is 281 g/mol. The number of piperidine rings is 1. The summed E-state index contributed by atoms with van der Waals surface area (Å²) in [5, 5.41) is 6.14. The lowest BCUT2D eigenvalue weighted by Gasteiger charge is -2.38. The van der Waals surface area contributed by atoms with Crippen molar-refractivity contribution in [2.45, 2.75) is 64.1 Å². The fraction of sp³-hybridized carbons (Fsp3) is 0.933. The van der Waals surface area contributed by atoms with E-state index in [2.05, 4.69) is 10.6 Å². The Kier molecular flexibility index (Phi) is 5.17. The first-order chi connectivity index (χ1) is 9.87. The fourth-order valence-corrected chi connectivity index (χ4v) is 3.58. The minimum absolute atomic E-state index is 0.0302. The highest BCUT2D eigenvalue weighted by Gasteiger charge is 2.44. The first kappa shape index (κ1) is 16.6. The first-order valence-electron chi connectivity index (χ1n) is 7.96. The van der Waals surface area contributed by atoms with Gasteiger partial charge in [-0.05, 0) is 45.1 Å². The second-order valence-electron chi connectivity index (χ2n) is 6.49. The van der Waals surface area contributed by atoms with Crippen LogP contribution in [0, 0.1) is 11.3 Å². The van der Waals surface area contributed by atoms with Crippen LogP contribution < -0.4 is 10.6 Å². The van der Waals surface area contributed by atoms with Gasteiger partial charge in [0.1, 0.15) is 0 Å². The summed E-state index contributed by atoms with van der Waals surface area (Å²) >= 11 is 0. The van der Waals surface area contributed by atoms with Crippen LogP contribution in [0.3, 0.4) is 0 Å². The van der Waals surface area contributed by atoms with Crippen LogP contribution in [0.25, 0.3) is 0 Å². The average Bonchev–Trinajstić information content (AvgIpc) is 2.47. The molecule has 122 valence electrons. The normalized spacial score (nSPS) is 34.5. The first-order valence-corrected chi connectivity index (χ1v) is 7.96. The predicted molar refractivity (Wildman–Crippen MR) is 74.8 cm³/mol. The van der Waals surface area contributed by atoms with Crippen LogP contribution in [0.2, 0.25) is 0 Å². The van der Waals surface area contributed by atoms with Crippen molar-refractivity contribution in [3.63, 3.8) is 0 Å². The number of rotatable bonds is 3. The molecular formula is C15H25F3N2O. The maximum atomic E-state index is 12.8. The van der Waals surface area contributed by atoms with Crippen molar-refractivity contribution in [3.05, 3.63) is 0 Å². The zero-order valence-corrected chi connectivity index (χ0v) is 12.6. The van der Waals surface area contributed by atoms with E-state index >= 15 is 0 Å². The van der Waals surface area contributed by atoms with Crippen molar-refractivity contribution >= 4 is 5.91 Å². The molecule has 2 N–H and O–H groups in total. The Morgan fingerprint density at radius 1 is 1.33 bits per heavy atom. The highest BCUT2D eigenvalue weighted by atomic mass is 19.4. The molecule has 1 aliphatic carbocycles. The SMILES string of the molecule is CCC1(C(=O)NC2CCCC(C(F)(F)F)C2)CCCNC1. The summed E-state index contributed by atoms with van der Waals surface area (Å²) in [5.74, 6) is -1.33. The van der Waals surface area contributed by atoms with Gasteiger partial charge in [-0.1, -0.05) is 13.3 Å². The zero-order chi connectivity index (χ0) is 15.5. The van der Waals surface area contributed by atoms with E-state index in [0.29, 0.717) is 19.4 Å². The molecule has 1 saturated heterocycles. The molecule has 2 rings (SSSR count). The maximum absolute atomic E-state index is 12.8. The Morgan fingerprint density at radius 2 is 2.10 bits per heavy atom. The molecule has 3 atom stereocenters. The van der Waals surface area contributed by atoms with Crippen molar-refractivity contribution in [1.82, 2.24) is 10.6 Å². The minimum atomic E-state index is -4.14. The van der Waals surface area contributed by atoms with Crippen LogP contribution in [0.4, 0.5) is 13.2 Å². The lowest BCUT2D eigenvalue weighted by molar-refractivity contribution is -0.184. The van der Waals surface area contributed by atoms with Gasteiger partial charge in [0.25, 0.3) is 0 Å². The summed E-state index contributed by atoms with van der Waals surface area (Å²) in [4.78, 5) is 12.5. The maximum Gasteiger partial charge on any atom is 0.391 e. The summed E-state index contributed by atoms with van der Waals surface area (Å²) in [6.07, 6.45) is -0.245. The Balaban J connectivity index is 1.95. The number of alkyl halides is 3. The second-order valence-corrected chi connectivity index (χ2v) is 6.49. The van der Waals surface area contributed by atoms with Crippen LogP contribution in [0.1, 0.15) is 51.9 Å². The molecule has 0 aromatic rings. The Labute approximate surface area is 124 Å². The van der Waals surface area contributed by atoms with E-state index in [1.54, 1.807) is 0 Å². The summed E-state index contributed by atoms with van der Waals surface area (Å²) in [6, 6.07) is -0.330. The van der Waals surface area contributed by atoms with Gasteiger partial charge in [0.2, 0.25) is 5.91 Å². The lowest BCUT2D eigenvalue weighted by Crippen LogP contribution is -2.53. The number of hydrogen-bond donors (Lipinski definition) is 2. The third-order valence-electron chi connectivity index (χ3n) is 5.10. The Morgan fingerprint density at radius 3 is 2.67 bits per heavy atom. The standard InChI is InChI=1S/C15H25F3N2O/c1-2-14(7-4-8-19-10-14)13(21)20-12-6-3-5-11(9-12)15(16,17)18/h11-12,19H,2-10H2,1H3,(H,20,21). The Hall–Kier alpha value is -0.780. The molecule has 0 spiro atoms. The third-order valence-corrected chi connectivity index (χ3v) is 5.10. The van der Waals surface area contributed by atoms with Gasteiger partial charge in [-0.3, -0.25) is 4.79 Å². The monoisotopic (exact) mass is 306 g/mol. The average molecular weight is 306 g/mol. The van der Waals surface area contributed by atoms with Crippen LogP contribution in [0.5, 0.6) is 0 Å². The summed E-state index contributed by atoms with van der Waals surface area (Å²) in [5.41, 5.74) is -0.441. The highest BCUT2D eigenvalue weighted by molar-refractivity contribution is 5.83. The van der Waals surface area contributed by atoms with Gasteiger partial charge >= 0.3 is 6.18 Å². The number of carbonyl (C=O) groups excluding carboxylic acids is 1. The van der Waals surface area contributed by atoms with Crippen molar-refractivity contribution in [2.75, 3.05) is 13.1 Å². The van der Waals surface area contributed by atoms with Crippen molar-refractivity contribution in [1.29, 1.82) is 0 Å². The van der Waals surface area contributed by atoms with E-state index in [-0.39, 0.29) is 24.8 Å². The van der Waals surface area contributed by atoms with E-state index in [9.17, 15) is 18.0 Å². The summed E-state index contributed by atoms with van der Waals surface area (Å²) < 4.78 is 38.5. The number of carbonyl (C=O) groups is 1. The van der Waals surface area contributed by atoms with Gasteiger partial charge < -0.3 is 10.6 Å². The van der Waals surface area contributed by atoms with Gasteiger partial charge in [0.05, 0.1) is 11.3 Å². The molecule has 1 amide bonds. The predicted octanol–water partition coefficient (Wildman–Crippen LogP) is 3.00. The van der Waals surface area contributed by atoms with Gasteiger partial charge in [0, 0.05) is 12.6 Å². The van der Waals surface area contributed by atoms with Gasteiger partial charge in [-0.2, -0.15) is 13.2 Å². The molecule has 1 heterocycles. The van der Waals surface area contributed by atoms with Crippen LogP contribution in [-0.4, -0.2) is 31.2 Å². The molecule has 1 saturated carbocycles. The van der Waals surface area contributed by atoms with Gasteiger partial charge in [0.15, 0.2) is 0 Å². The third kappa shape index (κ3) is 3.90. The van der Waals surface area contributed by atoms with Gasteiger partial charge in [-0.25, -0.2) is 0 Å². The van der Waals surface area contributed by atoms with Crippen LogP contribution in [-0.2, 0) is 4.79 Å². The van der Waals surface area contributed by atoms with E-state index in [0.717, 1.165) is 25.8 Å². The highest BCUT2D eigenvalue weighted by Crippen LogP contribution is 2.38. The quantitative estimate of drug-likeness (QED) is 0.841. The molecule has 0 aromatic heterocycles. The van der Waals surface area contributed by atoms with Gasteiger partial charge in [-0.15, -0.1) is 0 Å². The molecule has 1 aliphatic heterocycles. The second kappa shape index (κ2) is 6.55. The number of hydrogen-bond acceptors (Lipinski definition) is 2.